The number of nitriles is 5. The zero-order valence-corrected chi connectivity index (χ0v) is 55.3. The molecule has 5 aliphatic rings. The number of hydrogen-bond donors (Lipinski definition) is 0. The van der Waals surface area contributed by atoms with Crippen molar-refractivity contribution in [3.05, 3.63) is 200 Å². The van der Waals surface area contributed by atoms with Gasteiger partial charge in [-0.2, -0.15) is 33.3 Å². The van der Waals surface area contributed by atoms with E-state index in [1.807, 2.05) is 30.3 Å². The van der Waals surface area contributed by atoms with Gasteiger partial charge < -0.3 is 0 Å². The lowest BCUT2D eigenvalue weighted by atomic mass is 9.83. The van der Waals surface area contributed by atoms with Crippen molar-refractivity contribution in [3.63, 3.8) is 0 Å². The van der Waals surface area contributed by atoms with Crippen LogP contribution in [0.5, 0.6) is 0 Å². The van der Waals surface area contributed by atoms with Crippen molar-refractivity contribution < 1.29 is 9.59 Å². The first-order valence-electron chi connectivity index (χ1n) is 28.2. The van der Waals surface area contributed by atoms with Crippen molar-refractivity contribution in [2.45, 2.75) is 65.2 Å². The average molecular weight is 1330 g/mol. The van der Waals surface area contributed by atoms with Crippen molar-refractivity contribution in [2.24, 2.45) is 8.73 Å². The van der Waals surface area contributed by atoms with Gasteiger partial charge in [0.2, 0.25) is 5.69 Å². The Morgan fingerprint density at radius 2 is 0.902 bits per heavy atom. The van der Waals surface area contributed by atoms with E-state index in [9.17, 15) is 35.9 Å². The summed E-state index contributed by atoms with van der Waals surface area (Å²) in [5.41, 5.74) is 12.5. The van der Waals surface area contributed by atoms with Gasteiger partial charge in [0.1, 0.15) is 34.5 Å². The fourth-order valence-corrected chi connectivity index (χ4v) is 22.5. The highest BCUT2D eigenvalue weighted by Crippen LogP contribution is 2.64. The zero-order chi connectivity index (χ0) is 64.1. The molecule has 8 heterocycles. The van der Waals surface area contributed by atoms with Gasteiger partial charge in [-0.15, -0.1) is 68.0 Å². The summed E-state index contributed by atoms with van der Waals surface area (Å²) >= 11 is 12.4. The number of nitrogens with zero attached hydrogens (tertiary/aromatic N) is 12. The van der Waals surface area contributed by atoms with E-state index in [1.54, 1.807) is 80.2 Å². The Hall–Kier alpha value is -10.3. The molecule has 0 spiro atoms. The fourth-order valence-electron chi connectivity index (χ4n) is 13.1. The molecule has 0 bridgehead atoms. The van der Waals surface area contributed by atoms with Crippen LogP contribution in [0.4, 0.5) is 17.1 Å². The van der Waals surface area contributed by atoms with E-state index in [4.69, 9.17) is 37.2 Å². The van der Waals surface area contributed by atoms with Gasteiger partial charge in [-0.25, -0.2) is 25.1 Å². The van der Waals surface area contributed by atoms with Gasteiger partial charge in [0.05, 0.1) is 77.7 Å². The van der Waals surface area contributed by atoms with E-state index in [0.29, 0.717) is 24.0 Å². The molecule has 0 saturated carbocycles. The highest BCUT2D eigenvalue weighted by molar-refractivity contribution is 7.58. The number of ketones is 2. The lowest BCUT2D eigenvalue weighted by Crippen LogP contribution is -2.13. The standard InChI is InChI=1S/C70H34N12O2S8/c1-10-29-12-34(17-40-53(47(27-74)77-8)36-14-31(24-71)32(25-72)15-38(36)61(40)83)85-63(29)51-22-44-67(89-51)65-42(69(44,3)4)20-49(87-65)55-57-59(81-91-79-57)56(60-58(55)80-92-82-60)50-21-43-66(88-50)68-45(70(43,5)6)23-52(90-68)64-30(11-2)13-35(86-64)18-41-54(48(28-75)78-9)37-19-46(76-7)33(26-73)16-39(37)62(41)84/h12-23H,10-11H2,1-6H3/b40-17-,41-18-,53-47-,54-48+. The van der Waals surface area contributed by atoms with E-state index in [-0.39, 0.29) is 78.0 Å². The summed E-state index contributed by atoms with van der Waals surface area (Å²) in [6.07, 6.45) is 4.89. The Morgan fingerprint density at radius 3 is 1.29 bits per heavy atom. The topological polar surface area (TPSA) is 217 Å². The molecule has 92 heavy (non-hydrogen) atoms. The molecule has 14 nitrogen and oxygen atoms in total. The predicted molar refractivity (Wildman–Crippen MR) is 368 cm³/mol. The first-order chi connectivity index (χ1) is 44.5. The second-order valence-electron chi connectivity index (χ2n) is 23.0. The Morgan fingerprint density at radius 1 is 0.511 bits per heavy atom. The van der Waals surface area contributed by atoms with Crippen LogP contribution in [0, 0.1) is 76.4 Å². The molecular weight excluding hydrogens is 1300 g/mol. The molecule has 434 valence electrons. The molecular formula is C70H34N12O2S8. The van der Waals surface area contributed by atoms with E-state index >= 15 is 0 Å². The molecule has 3 aromatic carbocycles. The summed E-state index contributed by atoms with van der Waals surface area (Å²) in [7, 11) is 0. The van der Waals surface area contributed by atoms with Crippen LogP contribution in [0.2, 0.25) is 0 Å². The van der Waals surface area contributed by atoms with Crippen LogP contribution in [0.3, 0.4) is 0 Å². The Bertz CT molecular complexity index is 5440. The monoisotopic (exact) mass is 1330 g/mol. The number of rotatable bonds is 8. The number of aromatic nitrogens is 2. The highest BCUT2D eigenvalue weighted by atomic mass is 32.1. The van der Waals surface area contributed by atoms with E-state index in [2.05, 4.69) is 92.5 Å². The Balaban J connectivity index is 0.766. The van der Waals surface area contributed by atoms with Gasteiger partial charge >= 0.3 is 0 Å². The maximum Gasteiger partial charge on any atom is 0.270 e. The molecule has 0 amide bonds. The summed E-state index contributed by atoms with van der Waals surface area (Å²) in [5.74, 6) is -0.826. The lowest BCUT2D eigenvalue weighted by Gasteiger charge is -2.19. The van der Waals surface area contributed by atoms with Crippen LogP contribution < -0.4 is 0 Å². The third kappa shape index (κ3) is 8.18. The van der Waals surface area contributed by atoms with Crippen LogP contribution in [0.25, 0.3) is 109 Å². The van der Waals surface area contributed by atoms with Crippen molar-refractivity contribution in [1.82, 2.24) is 8.75 Å². The molecule has 15 rings (SSSR count). The van der Waals surface area contributed by atoms with Crippen molar-refractivity contribution >= 4 is 154 Å². The number of benzene rings is 3. The minimum atomic E-state index is -0.416. The molecule has 0 fully saturated rings. The first-order valence-corrected chi connectivity index (χ1v) is 34.6. The molecule has 0 unspecified atom stereocenters. The van der Waals surface area contributed by atoms with Crippen molar-refractivity contribution in [1.29, 1.82) is 26.3 Å². The van der Waals surface area contributed by atoms with Crippen molar-refractivity contribution in [2.75, 3.05) is 0 Å². The molecule has 0 N–H and O–H groups in total. The van der Waals surface area contributed by atoms with Crippen LogP contribution >= 0.6 is 79.7 Å². The number of fused-ring (bicyclic) bond motifs is 10. The maximum absolute atomic E-state index is 14.1. The van der Waals surface area contributed by atoms with Gasteiger partial charge in [-0.3, -0.25) is 9.59 Å². The number of Topliss-reactive ketones (excluding diaryl/α,β-unsaturated/α-hetero) is 2. The van der Waals surface area contributed by atoms with E-state index in [1.165, 1.54) is 89.1 Å². The number of allylic oxidation sites excluding steroid dienone is 6. The molecule has 0 saturated heterocycles. The quantitative estimate of drug-likeness (QED) is 0.0802. The average Bonchev–Trinajstić information content (AvgIpc) is 1.55. The van der Waals surface area contributed by atoms with E-state index in [0.717, 1.165) is 83.7 Å². The zero-order valence-electron chi connectivity index (χ0n) is 48.8. The molecule has 7 aromatic heterocycles. The summed E-state index contributed by atoms with van der Waals surface area (Å²) in [6, 6.07) is 28.8. The normalized spacial score (nSPS) is 16.5. The fraction of sp³-hybridized carbons (Fsp3) is 0.143. The SMILES string of the molecule is [C-]#[N+]/C(C#N)=C1\C(=C\c2cc(CC)c(-c3cc4c(s3)-c3sc(-c5c6c(c(-c7cc8c(s7)-c7sc(-c9sc(/C=C%10\C(=O)c%11cc(C#N)c([N+]#[C-])cc%11\C%10=C(\C#N)[N+]#[C-])cc9CC)cc7C8(C)C)c7nsnc57)N=S=N6)cc3C4(C)C)s2)C(=O)c2cc(C#N)c(C#N)cc21. The summed E-state index contributed by atoms with van der Waals surface area (Å²) in [4.78, 5) is 51.3. The lowest BCUT2D eigenvalue weighted by molar-refractivity contribution is 0.103. The summed E-state index contributed by atoms with van der Waals surface area (Å²) in [5, 5.41) is 49.5. The molecule has 1 aliphatic heterocycles. The molecule has 10 aromatic rings. The maximum atomic E-state index is 14.1. The van der Waals surface area contributed by atoms with Gasteiger partial charge in [-0.1, -0.05) is 41.5 Å². The molecule has 0 atom stereocenters. The second kappa shape index (κ2) is 21.2. The molecule has 4 aliphatic carbocycles. The summed E-state index contributed by atoms with van der Waals surface area (Å²) < 4.78 is 20.1. The Labute approximate surface area is 557 Å². The number of aryl methyl sites for hydroxylation is 2. The third-order valence-corrected chi connectivity index (χ3v) is 26.2. The van der Waals surface area contributed by atoms with E-state index < -0.39 is 11.6 Å². The molecule has 22 heteroatoms. The van der Waals surface area contributed by atoms with Crippen LogP contribution in [0.1, 0.15) is 133 Å². The summed E-state index contributed by atoms with van der Waals surface area (Å²) in [6.45, 7) is 36.5. The van der Waals surface area contributed by atoms with Crippen molar-refractivity contribution in [3.8, 4) is 90.2 Å². The largest absolute Gasteiger partial charge is 0.289 e. The number of hydrogen-bond acceptors (Lipinski definition) is 18. The van der Waals surface area contributed by atoms with Gasteiger partial charge in [0.25, 0.3) is 11.4 Å². The first kappa shape index (κ1) is 58.1. The highest BCUT2D eigenvalue weighted by Gasteiger charge is 2.44. The predicted octanol–water partition coefficient (Wildman–Crippen LogP) is 20.2. The molecule has 0 radical (unpaired) electrons. The van der Waals surface area contributed by atoms with Crippen LogP contribution in [-0.4, -0.2) is 20.3 Å². The number of carbonyl (C=O) groups excluding carboxylic acids is 2. The van der Waals surface area contributed by atoms with Crippen LogP contribution in [-0.2, 0) is 35.0 Å². The van der Waals surface area contributed by atoms with Crippen LogP contribution in [0.15, 0.2) is 91.9 Å². The minimum Gasteiger partial charge on any atom is -0.289 e. The smallest absolute Gasteiger partial charge is 0.270 e. The minimum absolute atomic E-state index is 0.0462. The number of thiophene rings is 6. The Kier molecular flexibility index (Phi) is 13.4. The van der Waals surface area contributed by atoms with Gasteiger partial charge in [-0.05, 0) is 130 Å². The third-order valence-electron chi connectivity index (χ3n) is 17.6. The van der Waals surface area contributed by atoms with Gasteiger partial charge in [0, 0.05) is 114 Å². The second-order valence-corrected chi connectivity index (χ2v) is 30.5. The van der Waals surface area contributed by atoms with Gasteiger partial charge in [0.15, 0.2) is 11.6 Å². The number of carbonyl (C=O) groups is 2.